The van der Waals surface area contributed by atoms with Gasteiger partial charge in [-0.3, -0.25) is 9.78 Å². The molecule has 1 atom stereocenters. The van der Waals surface area contributed by atoms with Gasteiger partial charge in [0, 0.05) is 12.4 Å². The number of aromatic nitrogens is 3. The second kappa shape index (κ2) is 3.10. The van der Waals surface area contributed by atoms with Crippen LogP contribution in [0.1, 0.15) is 18.5 Å². The van der Waals surface area contributed by atoms with Crippen molar-refractivity contribution in [1.29, 1.82) is 0 Å². The van der Waals surface area contributed by atoms with E-state index in [9.17, 15) is 4.79 Å². The molecule has 2 rings (SSSR count). The Morgan fingerprint density at radius 3 is 3.07 bits per heavy atom. The fourth-order valence-corrected chi connectivity index (χ4v) is 1.31. The highest BCUT2D eigenvalue weighted by Gasteiger charge is 2.17. The highest BCUT2D eigenvalue weighted by atomic mass is 16.4. The number of carbonyl (C=O) groups is 1. The van der Waals surface area contributed by atoms with E-state index < -0.39 is 11.9 Å². The van der Waals surface area contributed by atoms with Crippen molar-refractivity contribution in [2.24, 2.45) is 0 Å². The fourth-order valence-electron chi connectivity index (χ4n) is 1.31. The molecule has 2 aromatic rings. The van der Waals surface area contributed by atoms with Crippen LogP contribution in [0.15, 0.2) is 24.8 Å². The van der Waals surface area contributed by atoms with Crippen LogP contribution < -0.4 is 0 Å². The van der Waals surface area contributed by atoms with Crippen LogP contribution in [-0.2, 0) is 4.79 Å². The first-order valence-electron chi connectivity index (χ1n) is 4.20. The molecule has 0 aliphatic rings. The number of carboxylic acid groups (broad SMARTS) is 1. The Morgan fingerprint density at radius 2 is 2.36 bits per heavy atom. The van der Waals surface area contributed by atoms with Crippen LogP contribution in [0, 0.1) is 0 Å². The second-order valence-electron chi connectivity index (χ2n) is 3.05. The number of carboxylic acids is 1. The second-order valence-corrected chi connectivity index (χ2v) is 3.05. The molecule has 0 aromatic carbocycles. The zero-order valence-corrected chi connectivity index (χ0v) is 7.58. The van der Waals surface area contributed by atoms with E-state index >= 15 is 0 Å². The summed E-state index contributed by atoms with van der Waals surface area (Å²) in [5.74, 6) is -1.42. The molecule has 2 heterocycles. The van der Waals surface area contributed by atoms with Gasteiger partial charge in [0.15, 0.2) is 5.65 Å². The van der Waals surface area contributed by atoms with E-state index in [0.29, 0.717) is 11.3 Å². The highest BCUT2D eigenvalue weighted by molar-refractivity contribution is 5.75. The quantitative estimate of drug-likeness (QED) is 0.766. The maximum Gasteiger partial charge on any atom is 0.312 e. The lowest BCUT2D eigenvalue weighted by atomic mass is 10.1. The number of hydrogen-bond acceptors (Lipinski definition) is 3. The van der Waals surface area contributed by atoms with E-state index in [1.807, 2.05) is 0 Å². The standard InChI is InChI=1S/C9H9N3O2/c1-6(9(13)14)7-4-11-8-5-10-2-3-12(7)8/h2-6H,1H3,(H,13,14). The summed E-state index contributed by atoms with van der Waals surface area (Å²) in [6.07, 6.45) is 6.47. The molecule has 5 nitrogen and oxygen atoms in total. The molecule has 0 fully saturated rings. The first kappa shape index (κ1) is 8.68. The molecule has 1 N–H and O–H groups in total. The van der Waals surface area contributed by atoms with E-state index in [-0.39, 0.29) is 0 Å². The number of imidazole rings is 1. The van der Waals surface area contributed by atoms with Crippen molar-refractivity contribution < 1.29 is 9.90 Å². The zero-order valence-electron chi connectivity index (χ0n) is 7.58. The van der Waals surface area contributed by atoms with Gasteiger partial charge < -0.3 is 9.51 Å². The van der Waals surface area contributed by atoms with Gasteiger partial charge in [-0.05, 0) is 6.92 Å². The SMILES string of the molecule is CC(C(=O)O)c1cnc2cnccn12. The van der Waals surface area contributed by atoms with Crippen LogP contribution in [0.3, 0.4) is 0 Å². The largest absolute Gasteiger partial charge is 0.481 e. The Labute approximate surface area is 80.0 Å². The first-order chi connectivity index (χ1) is 6.70. The number of aliphatic carboxylic acids is 1. The van der Waals surface area contributed by atoms with E-state index in [2.05, 4.69) is 9.97 Å². The van der Waals surface area contributed by atoms with Gasteiger partial charge >= 0.3 is 5.97 Å². The summed E-state index contributed by atoms with van der Waals surface area (Å²) in [5.41, 5.74) is 1.32. The predicted molar refractivity (Wildman–Crippen MR) is 49.0 cm³/mol. The summed E-state index contributed by atoms with van der Waals surface area (Å²) in [5, 5.41) is 8.86. The summed E-state index contributed by atoms with van der Waals surface area (Å²) in [6, 6.07) is 0. The Hall–Kier alpha value is -1.91. The average molecular weight is 191 g/mol. The molecule has 72 valence electrons. The predicted octanol–water partition coefficient (Wildman–Crippen LogP) is 0.917. The molecule has 0 radical (unpaired) electrons. The molecule has 2 aromatic heterocycles. The zero-order chi connectivity index (χ0) is 10.1. The van der Waals surface area contributed by atoms with Gasteiger partial charge in [0.25, 0.3) is 0 Å². The van der Waals surface area contributed by atoms with Gasteiger partial charge in [-0.25, -0.2) is 4.98 Å². The lowest BCUT2D eigenvalue weighted by Crippen LogP contribution is -2.09. The van der Waals surface area contributed by atoms with Crippen LogP contribution >= 0.6 is 0 Å². The molecular weight excluding hydrogens is 182 g/mol. The van der Waals surface area contributed by atoms with E-state index in [4.69, 9.17) is 5.11 Å². The Kier molecular flexibility index (Phi) is 1.92. The van der Waals surface area contributed by atoms with Crippen LogP contribution in [-0.4, -0.2) is 25.4 Å². The van der Waals surface area contributed by atoms with Gasteiger partial charge in [-0.2, -0.15) is 0 Å². The maximum absolute atomic E-state index is 10.8. The molecule has 0 aliphatic carbocycles. The molecule has 0 bridgehead atoms. The van der Waals surface area contributed by atoms with Crippen LogP contribution in [0.25, 0.3) is 5.65 Å². The Balaban J connectivity index is 2.58. The van der Waals surface area contributed by atoms with Crippen molar-refractivity contribution in [1.82, 2.24) is 14.4 Å². The van der Waals surface area contributed by atoms with Gasteiger partial charge in [0.05, 0.1) is 24.0 Å². The van der Waals surface area contributed by atoms with Crippen molar-refractivity contribution in [2.45, 2.75) is 12.8 Å². The molecule has 0 saturated heterocycles. The van der Waals surface area contributed by atoms with E-state index in [1.165, 1.54) is 0 Å². The minimum Gasteiger partial charge on any atom is -0.481 e. The van der Waals surface area contributed by atoms with Crippen molar-refractivity contribution in [3.63, 3.8) is 0 Å². The summed E-state index contributed by atoms with van der Waals surface area (Å²) >= 11 is 0. The fraction of sp³-hybridized carbons (Fsp3) is 0.222. The molecule has 0 saturated carbocycles. The molecule has 0 amide bonds. The van der Waals surface area contributed by atoms with E-state index in [0.717, 1.165) is 0 Å². The van der Waals surface area contributed by atoms with Crippen LogP contribution in [0.2, 0.25) is 0 Å². The molecular formula is C9H9N3O2. The lowest BCUT2D eigenvalue weighted by Gasteiger charge is -2.04. The molecule has 0 spiro atoms. The third-order valence-electron chi connectivity index (χ3n) is 2.16. The van der Waals surface area contributed by atoms with Gasteiger partial charge in [0.2, 0.25) is 0 Å². The molecule has 5 heteroatoms. The molecule has 14 heavy (non-hydrogen) atoms. The first-order valence-corrected chi connectivity index (χ1v) is 4.20. The van der Waals surface area contributed by atoms with Crippen molar-refractivity contribution in [3.05, 3.63) is 30.5 Å². The third kappa shape index (κ3) is 1.22. The summed E-state index contributed by atoms with van der Waals surface area (Å²) < 4.78 is 1.73. The lowest BCUT2D eigenvalue weighted by molar-refractivity contribution is -0.138. The van der Waals surface area contributed by atoms with Gasteiger partial charge in [-0.1, -0.05) is 0 Å². The molecule has 1 unspecified atom stereocenters. The summed E-state index contributed by atoms with van der Waals surface area (Å²) in [6.45, 7) is 1.63. The van der Waals surface area contributed by atoms with Crippen LogP contribution in [0.4, 0.5) is 0 Å². The number of hydrogen-bond donors (Lipinski definition) is 1. The third-order valence-corrected chi connectivity index (χ3v) is 2.16. The number of nitrogens with zero attached hydrogens (tertiary/aromatic N) is 3. The topological polar surface area (TPSA) is 67.5 Å². The average Bonchev–Trinajstić information content (AvgIpc) is 2.60. The maximum atomic E-state index is 10.8. The van der Waals surface area contributed by atoms with Crippen molar-refractivity contribution >= 4 is 11.6 Å². The number of rotatable bonds is 2. The Morgan fingerprint density at radius 1 is 1.57 bits per heavy atom. The summed E-state index contributed by atoms with van der Waals surface area (Å²) in [7, 11) is 0. The van der Waals surface area contributed by atoms with E-state index in [1.54, 1.807) is 36.1 Å². The Bertz CT molecular complexity index is 478. The molecule has 0 aliphatic heterocycles. The highest BCUT2D eigenvalue weighted by Crippen LogP contribution is 2.16. The van der Waals surface area contributed by atoms with Crippen LogP contribution in [0.5, 0.6) is 0 Å². The monoisotopic (exact) mass is 191 g/mol. The van der Waals surface area contributed by atoms with Gasteiger partial charge in [-0.15, -0.1) is 0 Å². The summed E-state index contributed by atoms with van der Waals surface area (Å²) in [4.78, 5) is 18.7. The smallest absolute Gasteiger partial charge is 0.312 e. The normalized spacial score (nSPS) is 12.9. The minimum atomic E-state index is -0.858. The van der Waals surface area contributed by atoms with Crippen molar-refractivity contribution in [3.8, 4) is 0 Å². The van der Waals surface area contributed by atoms with Crippen molar-refractivity contribution in [2.75, 3.05) is 0 Å². The van der Waals surface area contributed by atoms with Gasteiger partial charge in [0.1, 0.15) is 0 Å². The minimum absolute atomic E-state index is 0.563. The number of fused-ring (bicyclic) bond motifs is 1.